The molecule has 0 aliphatic rings. The smallest absolute Gasteiger partial charge is 0.274 e. The standard InChI is InChI=1S/C12H9N5O2/c1-8-2-3-9(4-11(8)17(18)19)16-12-7-14-10(5-13)6-15-12/h2-4,6-7H,1H3,(H,15,16). The zero-order valence-corrected chi connectivity index (χ0v) is 9.99. The van der Waals surface area contributed by atoms with Gasteiger partial charge in [0.2, 0.25) is 0 Å². The number of nitrogens with one attached hydrogen (secondary N) is 1. The van der Waals surface area contributed by atoms with Gasteiger partial charge in [-0.2, -0.15) is 5.26 Å². The molecule has 1 aromatic carbocycles. The van der Waals surface area contributed by atoms with E-state index in [4.69, 9.17) is 5.26 Å². The van der Waals surface area contributed by atoms with Crippen LogP contribution >= 0.6 is 0 Å². The van der Waals surface area contributed by atoms with Crippen LogP contribution in [0.3, 0.4) is 0 Å². The minimum absolute atomic E-state index is 0.0339. The van der Waals surface area contributed by atoms with Gasteiger partial charge in [-0.05, 0) is 13.0 Å². The van der Waals surface area contributed by atoms with Crippen molar-refractivity contribution in [1.82, 2.24) is 9.97 Å². The molecule has 0 spiro atoms. The molecular weight excluding hydrogens is 246 g/mol. The Kier molecular flexibility index (Phi) is 3.34. The zero-order valence-electron chi connectivity index (χ0n) is 9.99. The second kappa shape index (κ2) is 5.10. The molecule has 7 nitrogen and oxygen atoms in total. The average molecular weight is 255 g/mol. The fraction of sp³-hybridized carbons (Fsp3) is 0.0833. The second-order valence-electron chi connectivity index (χ2n) is 3.78. The molecule has 1 aromatic heterocycles. The molecule has 2 rings (SSSR count). The van der Waals surface area contributed by atoms with Crippen LogP contribution in [-0.2, 0) is 0 Å². The lowest BCUT2D eigenvalue weighted by Crippen LogP contribution is -1.98. The quantitative estimate of drug-likeness (QED) is 0.666. The summed E-state index contributed by atoms with van der Waals surface area (Å²) < 4.78 is 0. The maximum Gasteiger partial charge on any atom is 0.274 e. The molecule has 1 heterocycles. The molecule has 2 aromatic rings. The van der Waals surface area contributed by atoms with Gasteiger partial charge in [-0.25, -0.2) is 9.97 Å². The summed E-state index contributed by atoms with van der Waals surface area (Å²) in [4.78, 5) is 18.2. The van der Waals surface area contributed by atoms with Crippen LogP contribution in [0, 0.1) is 28.4 Å². The first-order valence-corrected chi connectivity index (χ1v) is 5.34. The molecule has 19 heavy (non-hydrogen) atoms. The minimum atomic E-state index is -0.440. The Morgan fingerprint density at radius 2 is 2.16 bits per heavy atom. The number of nitro benzene ring substituents is 1. The van der Waals surface area contributed by atoms with Crippen LogP contribution in [0.25, 0.3) is 0 Å². The zero-order chi connectivity index (χ0) is 13.8. The van der Waals surface area contributed by atoms with E-state index in [-0.39, 0.29) is 11.4 Å². The van der Waals surface area contributed by atoms with Gasteiger partial charge in [0, 0.05) is 17.3 Å². The largest absolute Gasteiger partial charge is 0.339 e. The highest BCUT2D eigenvalue weighted by Crippen LogP contribution is 2.23. The van der Waals surface area contributed by atoms with Crippen LogP contribution in [0.2, 0.25) is 0 Å². The molecule has 0 aliphatic heterocycles. The third-order valence-corrected chi connectivity index (χ3v) is 2.44. The van der Waals surface area contributed by atoms with Crippen LogP contribution in [0.15, 0.2) is 30.6 Å². The Balaban J connectivity index is 2.25. The van der Waals surface area contributed by atoms with Gasteiger partial charge < -0.3 is 5.32 Å². The van der Waals surface area contributed by atoms with Crippen molar-refractivity contribution in [3.8, 4) is 6.07 Å². The molecule has 1 N–H and O–H groups in total. The fourth-order valence-electron chi connectivity index (χ4n) is 1.48. The summed E-state index contributed by atoms with van der Waals surface area (Å²) in [5.41, 5.74) is 1.37. The van der Waals surface area contributed by atoms with Crippen molar-refractivity contribution >= 4 is 17.2 Å². The van der Waals surface area contributed by atoms with Crippen molar-refractivity contribution in [3.05, 3.63) is 52.0 Å². The summed E-state index contributed by atoms with van der Waals surface area (Å²) in [6.45, 7) is 1.67. The van der Waals surface area contributed by atoms with Crippen LogP contribution in [0.5, 0.6) is 0 Å². The van der Waals surface area contributed by atoms with E-state index >= 15 is 0 Å². The van der Waals surface area contributed by atoms with Crippen molar-refractivity contribution in [2.75, 3.05) is 5.32 Å². The SMILES string of the molecule is Cc1ccc(Nc2cnc(C#N)cn2)cc1[N+](=O)[O-]. The summed E-state index contributed by atoms with van der Waals surface area (Å²) in [5.74, 6) is 0.414. The molecule has 0 bridgehead atoms. The summed E-state index contributed by atoms with van der Waals surface area (Å²) in [6, 6.07) is 6.65. The van der Waals surface area contributed by atoms with Gasteiger partial charge in [-0.1, -0.05) is 6.07 Å². The van der Waals surface area contributed by atoms with Gasteiger partial charge in [0.25, 0.3) is 5.69 Å². The number of aromatic nitrogens is 2. The molecule has 0 radical (unpaired) electrons. The molecule has 0 saturated carbocycles. The van der Waals surface area contributed by atoms with E-state index in [2.05, 4.69) is 15.3 Å². The lowest BCUT2D eigenvalue weighted by atomic mass is 10.2. The number of nitrogens with zero attached hydrogens (tertiary/aromatic N) is 4. The van der Waals surface area contributed by atoms with Gasteiger partial charge in [-0.15, -0.1) is 0 Å². The van der Waals surface area contributed by atoms with E-state index in [1.807, 2.05) is 6.07 Å². The fourth-order valence-corrected chi connectivity index (χ4v) is 1.48. The third-order valence-electron chi connectivity index (χ3n) is 2.44. The molecule has 0 saturated heterocycles. The normalized spacial score (nSPS) is 9.68. The summed E-state index contributed by atoms with van der Waals surface area (Å²) in [7, 11) is 0. The van der Waals surface area contributed by atoms with Crippen LogP contribution in [0.1, 0.15) is 11.3 Å². The first kappa shape index (κ1) is 12.4. The topological polar surface area (TPSA) is 105 Å². The number of rotatable bonds is 3. The predicted molar refractivity (Wildman–Crippen MR) is 67.9 cm³/mol. The van der Waals surface area contributed by atoms with Gasteiger partial charge in [0.1, 0.15) is 11.9 Å². The maximum atomic E-state index is 10.8. The number of nitro groups is 1. The Bertz CT molecular complexity index is 661. The van der Waals surface area contributed by atoms with Crippen molar-refractivity contribution in [1.29, 1.82) is 5.26 Å². The van der Waals surface area contributed by atoms with Crippen molar-refractivity contribution in [3.63, 3.8) is 0 Å². The van der Waals surface area contributed by atoms with E-state index in [0.29, 0.717) is 17.1 Å². The average Bonchev–Trinajstić information content (AvgIpc) is 2.41. The highest BCUT2D eigenvalue weighted by atomic mass is 16.6. The van der Waals surface area contributed by atoms with E-state index in [9.17, 15) is 10.1 Å². The van der Waals surface area contributed by atoms with E-state index < -0.39 is 4.92 Å². The maximum absolute atomic E-state index is 10.8. The van der Waals surface area contributed by atoms with Gasteiger partial charge in [0.05, 0.1) is 17.3 Å². The first-order valence-electron chi connectivity index (χ1n) is 5.34. The second-order valence-corrected chi connectivity index (χ2v) is 3.78. The summed E-state index contributed by atoms with van der Waals surface area (Å²) in [5, 5.41) is 22.3. The number of benzene rings is 1. The molecule has 0 fully saturated rings. The lowest BCUT2D eigenvalue weighted by molar-refractivity contribution is -0.385. The molecule has 0 atom stereocenters. The molecule has 7 heteroatoms. The van der Waals surface area contributed by atoms with E-state index in [0.717, 1.165) is 0 Å². The Labute approximate surface area is 108 Å². The number of anilines is 2. The van der Waals surface area contributed by atoms with Crippen molar-refractivity contribution in [2.24, 2.45) is 0 Å². The Morgan fingerprint density at radius 1 is 1.37 bits per heavy atom. The monoisotopic (exact) mass is 255 g/mol. The molecular formula is C12H9N5O2. The molecule has 0 amide bonds. The van der Waals surface area contributed by atoms with Crippen molar-refractivity contribution < 1.29 is 4.92 Å². The van der Waals surface area contributed by atoms with Crippen molar-refractivity contribution in [2.45, 2.75) is 6.92 Å². The van der Waals surface area contributed by atoms with Crippen LogP contribution < -0.4 is 5.32 Å². The molecule has 94 valence electrons. The lowest BCUT2D eigenvalue weighted by Gasteiger charge is -2.05. The number of hydrogen-bond acceptors (Lipinski definition) is 6. The predicted octanol–water partition coefficient (Wildman–Crippen LogP) is 2.31. The molecule has 0 aliphatic carbocycles. The Hall–Kier alpha value is -3.01. The number of nitriles is 1. The highest BCUT2D eigenvalue weighted by Gasteiger charge is 2.11. The summed E-state index contributed by atoms with van der Waals surface area (Å²) >= 11 is 0. The number of aryl methyl sites for hydroxylation is 1. The summed E-state index contributed by atoms with van der Waals surface area (Å²) in [6.07, 6.45) is 2.72. The van der Waals surface area contributed by atoms with E-state index in [1.54, 1.807) is 19.1 Å². The van der Waals surface area contributed by atoms with E-state index in [1.165, 1.54) is 18.5 Å². The third kappa shape index (κ3) is 2.81. The first-order chi connectivity index (χ1) is 9.10. The van der Waals surface area contributed by atoms with Gasteiger partial charge in [-0.3, -0.25) is 10.1 Å². The molecule has 0 unspecified atom stereocenters. The highest BCUT2D eigenvalue weighted by molar-refractivity contribution is 5.61. The minimum Gasteiger partial charge on any atom is -0.339 e. The van der Waals surface area contributed by atoms with Gasteiger partial charge >= 0.3 is 0 Å². The van der Waals surface area contributed by atoms with Crippen LogP contribution in [0.4, 0.5) is 17.2 Å². The van der Waals surface area contributed by atoms with Gasteiger partial charge in [0.15, 0.2) is 5.69 Å². The van der Waals surface area contributed by atoms with Crippen LogP contribution in [-0.4, -0.2) is 14.9 Å². The number of hydrogen-bond donors (Lipinski definition) is 1. The Morgan fingerprint density at radius 3 is 2.74 bits per heavy atom.